The van der Waals surface area contributed by atoms with Crippen LogP contribution < -0.4 is 10.6 Å². The van der Waals surface area contributed by atoms with Crippen LogP contribution in [0.5, 0.6) is 0 Å². The van der Waals surface area contributed by atoms with E-state index in [2.05, 4.69) is 145 Å². The molecule has 2 nitrogen and oxygen atoms in total. The lowest BCUT2D eigenvalue weighted by Crippen LogP contribution is -2.34. The zero-order chi connectivity index (χ0) is 28.3. The average Bonchev–Trinajstić information content (AvgIpc) is 2.90. The fourth-order valence-corrected chi connectivity index (χ4v) is 5.81. The van der Waals surface area contributed by atoms with Crippen LogP contribution in [0.1, 0.15) is 97.8 Å². The van der Waals surface area contributed by atoms with Crippen molar-refractivity contribution in [3.8, 4) is 11.1 Å². The van der Waals surface area contributed by atoms with Crippen LogP contribution in [-0.4, -0.2) is 6.54 Å². The van der Waals surface area contributed by atoms with Crippen molar-refractivity contribution < 1.29 is 0 Å². The molecule has 2 N–H and O–H groups in total. The lowest BCUT2D eigenvalue weighted by Gasteiger charge is -2.42. The number of rotatable bonds is 10. The summed E-state index contributed by atoms with van der Waals surface area (Å²) in [6.45, 7) is 19.7. The second kappa shape index (κ2) is 11.6. The van der Waals surface area contributed by atoms with Gasteiger partial charge in [-0.2, -0.15) is 0 Å². The Morgan fingerprint density at radius 3 is 2.08 bits per heavy atom. The Balaban J connectivity index is 1.47. The fraction of sp³-hybridized carbons (Fsp3) is 0.459. The van der Waals surface area contributed by atoms with Crippen molar-refractivity contribution in [2.45, 2.75) is 97.3 Å². The van der Waals surface area contributed by atoms with E-state index in [1.54, 1.807) is 0 Å². The Labute approximate surface area is 238 Å². The van der Waals surface area contributed by atoms with Gasteiger partial charge < -0.3 is 10.6 Å². The van der Waals surface area contributed by atoms with Gasteiger partial charge in [-0.25, -0.2) is 0 Å². The molecule has 1 aliphatic rings. The molecule has 0 fully saturated rings. The summed E-state index contributed by atoms with van der Waals surface area (Å²) < 4.78 is 0. The van der Waals surface area contributed by atoms with Gasteiger partial charge in [0.2, 0.25) is 0 Å². The molecule has 0 spiro atoms. The molecule has 3 aromatic rings. The molecule has 4 rings (SSSR count). The molecule has 0 aliphatic heterocycles. The highest BCUT2D eigenvalue weighted by molar-refractivity contribution is 5.81. The minimum absolute atomic E-state index is 0.178. The first kappa shape index (κ1) is 29.0. The standard InChI is InChI=1S/C37H50N2/c1-27(2)19-20-35(3,4)29-15-17-30(18-16-29)38-23-12-24-39-34-26-33-32(36(5,6)21-22-37(33,7)8)25-31(34)28-13-10-9-11-14-28/h9-18,24-27,38-39H,19-23H2,1-8H3/b24-12+. The number of hydrogen-bond acceptors (Lipinski definition) is 2. The van der Waals surface area contributed by atoms with E-state index in [0.717, 1.165) is 18.2 Å². The molecule has 0 heterocycles. The zero-order valence-electron chi connectivity index (χ0n) is 25.6. The van der Waals surface area contributed by atoms with Crippen molar-refractivity contribution >= 4 is 11.4 Å². The Hall–Kier alpha value is -3.00. The molecule has 0 radical (unpaired) electrons. The minimum Gasteiger partial charge on any atom is -0.382 e. The average molecular weight is 523 g/mol. The van der Waals surface area contributed by atoms with Crippen LogP contribution in [0.3, 0.4) is 0 Å². The van der Waals surface area contributed by atoms with Gasteiger partial charge in [-0.05, 0) is 100 Å². The number of fused-ring (bicyclic) bond motifs is 1. The van der Waals surface area contributed by atoms with Crippen molar-refractivity contribution in [1.29, 1.82) is 0 Å². The number of nitrogens with one attached hydrogen (secondary N) is 2. The minimum atomic E-state index is 0.178. The second-order valence-electron chi connectivity index (χ2n) is 13.9. The topological polar surface area (TPSA) is 24.1 Å². The van der Waals surface area contributed by atoms with E-state index < -0.39 is 0 Å². The molecule has 208 valence electrons. The molecule has 3 aromatic carbocycles. The summed E-state index contributed by atoms with van der Waals surface area (Å²) in [6.07, 6.45) is 9.17. The maximum Gasteiger partial charge on any atom is 0.0462 e. The maximum absolute atomic E-state index is 3.64. The Morgan fingerprint density at radius 1 is 0.846 bits per heavy atom. The molecular weight excluding hydrogens is 472 g/mol. The van der Waals surface area contributed by atoms with Crippen LogP contribution in [-0.2, 0) is 16.2 Å². The first-order valence-electron chi connectivity index (χ1n) is 14.9. The summed E-state index contributed by atoms with van der Waals surface area (Å²) in [7, 11) is 0. The summed E-state index contributed by atoms with van der Waals surface area (Å²) in [4.78, 5) is 0. The van der Waals surface area contributed by atoms with Crippen LogP contribution in [0, 0.1) is 5.92 Å². The van der Waals surface area contributed by atoms with Gasteiger partial charge in [0.1, 0.15) is 0 Å². The smallest absolute Gasteiger partial charge is 0.0462 e. The van der Waals surface area contributed by atoms with Gasteiger partial charge in [0.15, 0.2) is 0 Å². The van der Waals surface area contributed by atoms with Crippen molar-refractivity contribution in [3.63, 3.8) is 0 Å². The highest BCUT2D eigenvalue weighted by Crippen LogP contribution is 2.48. The summed E-state index contributed by atoms with van der Waals surface area (Å²) in [5.74, 6) is 0.744. The summed E-state index contributed by atoms with van der Waals surface area (Å²) >= 11 is 0. The van der Waals surface area contributed by atoms with Crippen molar-refractivity contribution in [1.82, 2.24) is 0 Å². The fourth-order valence-electron chi connectivity index (χ4n) is 5.81. The zero-order valence-corrected chi connectivity index (χ0v) is 25.6. The van der Waals surface area contributed by atoms with Crippen LogP contribution in [0.15, 0.2) is 79.0 Å². The third-order valence-corrected chi connectivity index (χ3v) is 8.87. The normalized spacial score (nSPS) is 16.3. The predicted molar refractivity (Wildman–Crippen MR) is 172 cm³/mol. The largest absolute Gasteiger partial charge is 0.382 e. The number of anilines is 2. The van der Waals surface area contributed by atoms with E-state index in [4.69, 9.17) is 0 Å². The molecule has 0 atom stereocenters. The van der Waals surface area contributed by atoms with Crippen molar-refractivity contribution in [2.24, 2.45) is 5.92 Å². The monoisotopic (exact) mass is 522 g/mol. The molecule has 39 heavy (non-hydrogen) atoms. The molecule has 0 amide bonds. The van der Waals surface area contributed by atoms with E-state index >= 15 is 0 Å². The molecule has 0 saturated carbocycles. The Bertz CT molecular complexity index is 1260. The highest BCUT2D eigenvalue weighted by atomic mass is 14.9. The van der Waals surface area contributed by atoms with E-state index in [1.807, 2.05) is 0 Å². The quantitative estimate of drug-likeness (QED) is 0.277. The lowest BCUT2D eigenvalue weighted by molar-refractivity contribution is 0.332. The van der Waals surface area contributed by atoms with E-state index in [-0.39, 0.29) is 16.2 Å². The van der Waals surface area contributed by atoms with E-state index in [0.29, 0.717) is 0 Å². The van der Waals surface area contributed by atoms with E-state index in [1.165, 1.54) is 59.2 Å². The third kappa shape index (κ3) is 6.96. The van der Waals surface area contributed by atoms with Gasteiger partial charge in [-0.15, -0.1) is 0 Å². The van der Waals surface area contributed by atoms with Crippen LogP contribution in [0.25, 0.3) is 11.1 Å². The second-order valence-corrected chi connectivity index (χ2v) is 13.9. The molecular formula is C37H50N2. The predicted octanol–water partition coefficient (Wildman–Crippen LogP) is 10.5. The molecule has 0 unspecified atom stereocenters. The molecule has 0 bridgehead atoms. The maximum atomic E-state index is 3.64. The van der Waals surface area contributed by atoms with Gasteiger partial charge in [0.05, 0.1) is 0 Å². The third-order valence-electron chi connectivity index (χ3n) is 8.87. The van der Waals surface area contributed by atoms with Crippen molar-refractivity contribution in [2.75, 3.05) is 17.2 Å². The van der Waals surface area contributed by atoms with Crippen LogP contribution in [0.4, 0.5) is 11.4 Å². The molecule has 1 aliphatic carbocycles. The first-order chi connectivity index (χ1) is 18.4. The number of benzene rings is 3. The van der Waals surface area contributed by atoms with Gasteiger partial charge in [0, 0.05) is 23.5 Å². The Morgan fingerprint density at radius 2 is 1.46 bits per heavy atom. The Kier molecular flexibility index (Phi) is 8.64. The number of hydrogen-bond donors (Lipinski definition) is 2. The molecule has 0 aromatic heterocycles. The van der Waals surface area contributed by atoms with Gasteiger partial charge in [-0.1, -0.05) is 104 Å². The van der Waals surface area contributed by atoms with E-state index in [9.17, 15) is 0 Å². The van der Waals surface area contributed by atoms with Crippen molar-refractivity contribution in [3.05, 3.63) is 95.7 Å². The van der Waals surface area contributed by atoms with Gasteiger partial charge >= 0.3 is 0 Å². The summed E-state index contributed by atoms with van der Waals surface area (Å²) in [5.41, 5.74) is 9.82. The first-order valence-corrected chi connectivity index (χ1v) is 14.9. The lowest BCUT2D eigenvalue weighted by atomic mass is 9.62. The molecule has 2 heteroatoms. The van der Waals surface area contributed by atoms with Gasteiger partial charge in [-0.3, -0.25) is 0 Å². The van der Waals surface area contributed by atoms with Crippen LogP contribution in [0.2, 0.25) is 0 Å². The van der Waals surface area contributed by atoms with Gasteiger partial charge in [0.25, 0.3) is 0 Å². The summed E-state index contributed by atoms with van der Waals surface area (Å²) in [6, 6.07) is 24.6. The highest BCUT2D eigenvalue weighted by Gasteiger charge is 2.37. The van der Waals surface area contributed by atoms with Crippen LogP contribution >= 0.6 is 0 Å². The SMILES string of the molecule is CC(C)CCC(C)(C)c1ccc(NC/C=C/Nc2cc3c(cc2-c2ccccc2)C(C)(C)CCC3(C)C)cc1. The summed E-state index contributed by atoms with van der Waals surface area (Å²) in [5, 5.41) is 7.20. The molecule has 0 saturated heterocycles.